The van der Waals surface area contributed by atoms with Crippen LogP contribution in [0.15, 0.2) is 0 Å². The number of rotatable bonds is 4. The van der Waals surface area contributed by atoms with E-state index in [0.717, 1.165) is 0 Å². The van der Waals surface area contributed by atoms with Gasteiger partial charge in [-0.3, -0.25) is 4.79 Å². The van der Waals surface area contributed by atoms with Crippen molar-refractivity contribution in [2.75, 3.05) is 0 Å². The highest BCUT2D eigenvalue weighted by Gasteiger charge is 2.29. The number of ether oxygens (including phenoxy) is 1. The second-order valence-electron chi connectivity index (χ2n) is 5.38. The molecular formula is C12H22ClNO3. The first-order chi connectivity index (χ1) is 7.54. The van der Waals surface area contributed by atoms with Crippen molar-refractivity contribution in [3.05, 3.63) is 0 Å². The lowest BCUT2D eigenvalue weighted by Crippen LogP contribution is -2.49. The van der Waals surface area contributed by atoms with E-state index in [1.54, 1.807) is 27.7 Å². The first-order valence-electron chi connectivity index (χ1n) is 5.72. The summed E-state index contributed by atoms with van der Waals surface area (Å²) >= 11 is 5.65. The van der Waals surface area contributed by atoms with Crippen LogP contribution >= 0.6 is 11.6 Å². The van der Waals surface area contributed by atoms with Crippen LogP contribution in [0, 0.1) is 5.92 Å². The number of esters is 1. The van der Waals surface area contributed by atoms with Gasteiger partial charge < -0.3 is 10.1 Å². The number of alkyl halides is 1. The molecule has 1 unspecified atom stereocenters. The summed E-state index contributed by atoms with van der Waals surface area (Å²) in [6.07, 6.45) is 0. The van der Waals surface area contributed by atoms with Crippen molar-refractivity contribution >= 4 is 23.5 Å². The summed E-state index contributed by atoms with van der Waals surface area (Å²) in [5.74, 6) is -0.849. The smallest absolute Gasteiger partial charge is 0.329 e. The molecule has 17 heavy (non-hydrogen) atoms. The summed E-state index contributed by atoms with van der Waals surface area (Å²) < 4.78 is 5.25. The van der Waals surface area contributed by atoms with Crippen LogP contribution < -0.4 is 5.32 Å². The Morgan fingerprint density at radius 2 is 1.65 bits per heavy atom. The molecule has 0 fully saturated rings. The van der Waals surface area contributed by atoms with E-state index < -0.39 is 23.0 Å². The Labute approximate surface area is 108 Å². The molecule has 2 atom stereocenters. The third-order valence-corrected chi connectivity index (χ3v) is 2.18. The van der Waals surface area contributed by atoms with Crippen molar-refractivity contribution in [3.8, 4) is 0 Å². The Kier molecular flexibility index (Phi) is 5.96. The molecule has 4 nitrogen and oxygen atoms in total. The van der Waals surface area contributed by atoms with Crippen molar-refractivity contribution in [3.63, 3.8) is 0 Å². The Hall–Kier alpha value is -0.770. The molecule has 0 saturated carbocycles. The predicted octanol–water partition coefficient (Wildman–Crippen LogP) is 2.10. The average Bonchev–Trinajstić information content (AvgIpc) is 2.09. The van der Waals surface area contributed by atoms with Crippen LogP contribution in [0.4, 0.5) is 0 Å². The number of carbonyl (C=O) groups excluding carboxylic acids is 2. The van der Waals surface area contributed by atoms with E-state index in [1.807, 2.05) is 13.8 Å². The number of hydrogen-bond donors (Lipinski definition) is 1. The minimum Gasteiger partial charge on any atom is -0.458 e. The molecule has 0 aliphatic rings. The van der Waals surface area contributed by atoms with Crippen LogP contribution in [0.1, 0.15) is 41.5 Å². The zero-order valence-corrected chi connectivity index (χ0v) is 12.1. The fourth-order valence-corrected chi connectivity index (χ4v) is 1.19. The Morgan fingerprint density at radius 3 is 1.94 bits per heavy atom. The van der Waals surface area contributed by atoms with Crippen molar-refractivity contribution < 1.29 is 14.3 Å². The van der Waals surface area contributed by atoms with Crippen LogP contribution in [0.2, 0.25) is 0 Å². The van der Waals surface area contributed by atoms with Gasteiger partial charge in [0.05, 0.1) is 0 Å². The molecule has 0 radical (unpaired) electrons. The SMILES string of the molecule is CC(Cl)C(=O)N[C@H](C(=O)OC(C)(C)C)C(C)C. The second-order valence-corrected chi connectivity index (χ2v) is 6.03. The van der Waals surface area contributed by atoms with E-state index in [1.165, 1.54) is 0 Å². The highest BCUT2D eigenvalue weighted by Crippen LogP contribution is 2.12. The summed E-state index contributed by atoms with van der Waals surface area (Å²) in [6, 6.07) is -0.664. The Balaban J connectivity index is 4.64. The fraction of sp³-hybridized carbons (Fsp3) is 0.833. The molecule has 0 aromatic heterocycles. The maximum absolute atomic E-state index is 11.9. The lowest BCUT2D eigenvalue weighted by Gasteiger charge is -2.26. The molecule has 0 bridgehead atoms. The molecule has 100 valence electrons. The van der Waals surface area contributed by atoms with Gasteiger partial charge in [0.25, 0.3) is 0 Å². The molecule has 1 N–H and O–H groups in total. The topological polar surface area (TPSA) is 55.4 Å². The second kappa shape index (κ2) is 6.24. The van der Waals surface area contributed by atoms with E-state index in [2.05, 4.69) is 5.32 Å². The maximum Gasteiger partial charge on any atom is 0.329 e. The molecule has 1 amide bonds. The van der Waals surface area contributed by atoms with Crippen LogP contribution in [0.3, 0.4) is 0 Å². The predicted molar refractivity (Wildman–Crippen MR) is 67.9 cm³/mol. The first-order valence-corrected chi connectivity index (χ1v) is 6.15. The quantitative estimate of drug-likeness (QED) is 0.624. The normalized spacial score (nSPS) is 15.3. The third-order valence-electron chi connectivity index (χ3n) is 1.99. The lowest BCUT2D eigenvalue weighted by atomic mass is 10.0. The van der Waals surface area contributed by atoms with Gasteiger partial charge in [-0.25, -0.2) is 4.79 Å². The molecular weight excluding hydrogens is 242 g/mol. The molecule has 0 heterocycles. The van der Waals surface area contributed by atoms with E-state index in [9.17, 15) is 9.59 Å². The Morgan fingerprint density at radius 1 is 1.18 bits per heavy atom. The number of nitrogens with one attached hydrogen (secondary N) is 1. The van der Waals surface area contributed by atoms with Crippen LogP contribution in [0.5, 0.6) is 0 Å². The number of carbonyl (C=O) groups is 2. The number of halogens is 1. The van der Waals surface area contributed by atoms with Gasteiger partial charge in [0, 0.05) is 0 Å². The van der Waals surface area contributed by atoms with Crippen molar-refractivity contribution in [1.29, 1.82) is 0 Å². The minimum atomic E-state index is -0.668. The summed E-state index contributed by atoms with van der Waals surface area (Å²) in [5, 5.41) is 1.92. The van der Waals surface area contributed by atoms with E-state index in [4.69, 9.17) is 16.3 Å². The number of hydrogen-bond acceptors (Lipinski definition) is 3. The summed E-state index contributed by atoms with van der Waals surface area (Å²) in [4.78, 5) is 23.4. The van der Waals surface area contributed by atoms with Gasteiger partial charge in [-0.05, 0) is 33.6 Å². The zero-order valence-electron chi connectivity index (χ0n) is 11.3. The molecule has 0 aromatic carbocycles. The van der Waals surface area contributed by atoms with Crippen LogP contribution in [0.25, 0.3) is 0 Å². The van der Waals surface area contributed by atoms with Crippen molar-refractivity contribution in [2.24, 2.45) is 5.92 Å². The van der Waals surface area contributed by atoms with Crippen LogP contribution in [-0.4, -0.2) is 28.9 Å². The van der Waals surface area contributed by atoms with Gasteiger partial charge in [0.2, 0.25) is 5.91 Å². The lowest BCUT2D eigenvalue weighted by molar-refractivity contribution is -0.159. The molecule has 0 aliphatic carbocycles. The van der Waals surface area contributed by atoms with E-state index in [0.29, 0.717) is 0 Å². The van der Waals surface area contributed by atoms with Crippen LogP contribution in [-0.2, 0) is 14.3 Å². The van der Waals surface area contributed by atoms with Gasteiger partial charge in [-0.15, -0.1) is 11.6 Å². The van der Waals surface area contributed by atoms with Gasteiger partial charge in [0.15, 0.2) is 0 Å². The van der Waals surface area contributed by atoms with Gasteiger partial charge >= 0.3 is 5.97 Å². The largest absolute Gasteiger partial charge is 0.458 e. The first kappa shape index (κ1) is 16.2. The average molecular weight is 264 g/mol. The van der Waals surface area contributed by atoms with Crippen molar-refractivity contribution in [1.82, 2.24) is 5.32 Å². The molecule has 0 spiro atoms. The van der Waals surface area contributed by atoms with E-state index >= 15 is 0 Å². The summed E-state index contributed by atoms with van der Waals surface area (Å²) in [7, 11) is 0. The molecule has 0 aromatic rings. The third kappa shape index (κ3) is 6.51. The zero-order chi connectivity index (χ0) is 13.8. The molecule has 0 aliphatic heterocycles. The van der Waals surface area contributed by atoms with E-state index in [-0.39, 0.29) is 11.8 Å². The maximum atomic E-state index is 11.9. The molecule has 0 saturated heterocycles. The Bertz CT molecular complexity index is 282. The molecule has 0 rings (SSSR count). The van der Waals surface area contributed by atoms with Gasteiger partial charge in [-0.1, -0.05) is 13.8 Å². The summed E-state index contributed by atoms with van der Waals surface area (Å²) in [6.45, 7) is 10.6. The van der Waals surface area contributed by atoms with Gasteiger partial charge in [-0.2, -0.15) is 0 Å². The number of amides is 1. The minimum absolute atomic E-state index is 0.0517. The van der Waals surface area contributed by atoms with Crippen molar-refractivity contribution in [2.45, 2.75) is 58.6 Å². The van der Waals surface area contributed by atoms with Gasteiger partial charge in [0.1, 0.15) is 17.0 Å². The summed E-state index contributed by atoms with van der Waals surface area (Å²) in [5.41, 5.74) is -0.568. The monoisotopic (exact) mass is 263 g/mol. The molecule has 5 heteroatoms. The highest BCUT2D eigenvalue weighted by atomic mass is 35.5. The standard InChI is InChI=1S/C12H22ClNO3/c1-7(2)9(14-10(15)8(3)13)11(16)17-12(4,5)6/h7-9H,1-6H3,(H,14,15)/t8?,9-/m0/s1. The highest BCUT2D eigenvalue weighted by molar-refractivity contribution is 6.30. The fourth-order valence-electron chi connectivity index (χ4n) is 1.13.